The highest BCUT2D eigenvalue weighted by Gasteiger charge is 2.32. The Kier molecular flexibility index (Phi) is 4.05. The fourth-order valence-electron chi connectivity index (χ4n) is 1.14. The van der Waals surface area contributed by atoms with Crippen LogP contribution < -0.4 is 5.32 Å². The third kappa shape index (κ3) is 4.40. The number of carbonyl (C=O) groups excluding carboxylic acids is 1. The van der Waals surface area contributed by atoms with Gasteiger partial charge in [-0.25, -0.2) is 8.42 Å². The molecule has 1 amide bonds. The number of aromatic amines is 1. The van der Waals surface area contributed by atoms with E-state index in [-0.39, 0.29) is 18.0 Å². The molecule has 0 saturated heterocycles. The smallest absolute Gasteiger partial charge is 0.350 e. The molecule has 0 atom stereocenters. The van der Waals surface area contributed by atoms with Gasteiger partial charge in [0, 0.05) is 12.8 Å². The van der Waals surface area contributed by atoms with Crippen LogP contribution in [0.25, 0.3) is 0 Å². The van der Waals surface area contributed by atoms with Crippen LogP contribution in [0.1, 0.15) is 16.2 Å². The molecule has 1 rings (SSSR count). The first-order chi connectivity index (χ1) is 8.09. The highest BCUT2D eigenvalue weighted by molar-refractivity contribution is 7.90. The number of carbonyl (C=O) groups is 1. The molecule has 1 aromatic rings. The van der Waals surface area contributed by atoms with Crippen LogP contribution in [0.4, 0.5) is 13.2 Å². The van der Waals surface area contributed by atoms with Crippen molar-refractivity contribution in [1.29, 1.82) is 0 Å². The SMILES string of the molecule is CS(=O)(=O)CCNC(=O)c1ccc(C(F)(F)F)[nH]1. The Morgan fingerprint density at radius 1 is 1.39 bits per heavy atom. The molecule has 1 heterocycles. The molecule has 2 N–H and O–H groups in total. The van der Waals surface area contributed by atoms with E-state index in [1.807, 2.05) is 4.98 Å². The molecule has 0 radical (unpaired) electrons. The van der Waals surface area contributed by atoms with Gasteiger partial charge in [-0.05, 0) is 12.1 Å². The van der Waals surface area contributed by atoms with Crippen molar-refractivity contribution in [1.82, 2.24) is 10.3 Å². The molecule has 0 spiro atoms. The zero-order valence-electron chi connectivity index (χ0n) is 9.34. The van der Waals surface area contributed by atoms with Crippen LogP contribution in [0.15, 0.2) is 12.1 Å². The predicted octanol–water partition coefficient (Wildman–Crippen LogP) is 0.808. The van der Waals surface area contributed by atoms with E-state index >= 15 is 0 Å². The Labute approximate surface area is 101 Å². The first-order valence-corrected chi connectivity index (χ1v) is 6.88. The summed E-state index contributed by atoms with van der Waals surface area (Å²) >= 11 is 0. The number of alkyl halides is 3. The Bertz CT molecular complexity index is 533. The molecule has 0 aromatic carbocycles. The summed E-state index contributed by atoms with van der Waals surface area (Å²) in [6.07, 6.45) is -3.55. The average molecular weight is 284 g/mol. The molecule has 0 aliphatic rings. The van der Waals surface area contributed by atoms with Gasteiger partial charge < -0.3 is 10.3 Å². The maximum absolute atomic E-state index is 12.2. The predicted molar refractivity (Wildman–Crippen MR) is 57.8 cm³/mol. The third-order valence-electron chi connectivity index (χ3n) is 1.99. The summed E-state index contributed by atoms with van der Waals surface area (Å²) in [4.78, 5) is 13.3. The molecule has 0 unspecified atom stereocenters. The van der Waals surface area contributed by atoms with Crippen molar-refractivity contribution in [2.24, 2.45) is 0 Å². The fraction of sp³-hybridized carbons (Fsp3) is 0.444. The molecule has 1 aromatic heterocycles. The van der Waals surface area contributed by atoms with Crippen LogP contribution in [0, 0.1) is 0 Å². The van der Waals surface area contributed by atoms with Crippen molar-refractivity contribution < 1.29 is 26.4 Å². The summed E-state index contributed by atoms with van der Waals surface area (Å²) in [6, 6.07) is 1.73. The van der Waals surface area contributed by atoms with E-state index in [0.717, 1.165) is 18.4 Å². The second-order valence-electron chi connectivity index (χ2n) is 3.67. The van der Waals surface area contributed by atoms with Crippen molar-refractivity contribution in [3.05, 3.63) is 23.5 Å². The van der Waals surface area contributed by atoms with E-state index in [4.69, 9.17) is 0 Å². The highest BCUT2D eigenvalue weighted by atomic mass is 32.2. The van der Waals surface area contributed by atoms with E-state index in [2.05, 4.69) is 5.32 Å². The maximum Gasteiger partial charge on any atom is 0.431 e. The van der Waals surface area contributed by atoms with E-state index < -0.39 is 27.6 Å². The molecule has 0 bridgehead atoms. The fourth-order valence-corrected chi connectivity index (χ4v) is 1.61. The molecule has 0 fully saturated rings. The summed E-state index contributed by atoms with van der Waals surface area (Å²) in [5.74, 6) is -1.06. The Morgan fingerprint density at radius 3 is 2.44 bits per heavy atom. The van der Waals surface area contributed by atoms with Crippen LogP contribution in [0.5, 0.6) is 0 Å². The number of hydrogen-bond acceptors (Lipinski definition) is 3. The molecule has 0 aliphatic carbocycles. The Morgan fingerprint density at radius 2 is 2.00 bits per heavy atom. The van der Waals surface area contributed by atoms with Crippen molar-refractivity contribution in [3.63, 3.8) is 0 Å². The molecule has 0 saturated carbocycles. The van der Waals surface area contributed by atoms with Gasteiger partial charge in [0.25, 0.3) is 5.91 Å². The van der Waals surface area contributed by atoms with E-state index in [1.54, 1.807) is 0 Å². The summed E-state index contributed by atoms with van der Waals surface area (Å²) in [6.45, 7) is -0.155. The molecule has 18 heavy (non-hydrogen) atoms. The standard InChI is InChI=1S/C9H11F3N2O3S/c1-18(16,17)5-4-13-8(15)6-2-3-7(14-6)9(10,11)12/h2-3,14H,4-5H2,1H3,(H,13,15). The van der Waals surface area contributed by atoms with E-state index in [0.29, 0.717) is 0 Å². The van der Waals surface area contributed by atoms with Gasteiger partial charge in [0.15, 0.2) is 0 Å². The van der Waals surface area contributed by atoms with Gasteiger partial charge in [-0.1, -0.05) is 0 Å². The van der Waals surface area contributed by atoms with Gasteiger partial charge in [-0.3, -0.25) is 4.79 Å². The summed E-state index contributed by atoms with van der Waals surface area (Å²) < 4.78 is 58.2. The lowest BCUT2D eigenvalue weighted by molar-refractivity contribution is -0.140. The van der Waals surface area contributed by atoms with Crippen LogP contribution >= 0.6 is 0 Å². The molecule has 5 nitrogen and oxygen atoms in total. The number of rotatable bonds is 4. The molecule has 102 valence electrons. The number of aromatic nitrogens is 1. The second kappa shape index (κ2) is 5.01. The van der Waals surface area contributed by atoms with Crippen molar-refractivity contribution in [2.75, 3.05) is 18.6 Å². The second-order valence-corrected chi connectivity index (χ2v) is 5.93. The zero-order valence-corrected chi connectivity index (χ0v) is 10.2. The maximum atomic E-state index is 12.2. The molecular weight excluding hydrogens is 273 g/mol. The number of H-pyrrole nitrogens is 1. The lowest BCUT2D eigenvalue weighted by Crippen LogP contribution is -2.29. The molecule has 0 aliphatic heterocycles. The Hall–Kier alpha value is -1.51. The van der Waals surface area contributed by atoms with Gasteiger partial charge in [-0.2, -0.15) is 13.2 Å². The van der Waals surface area contributed by atoms with E-state index in [9.17, 15) is 26.4 Å². The van der Waals surface area contributed by atoms with Crippen molar-refractivity contribution in [2.45, 2.75) is 6.18 Å². The number of hydrogen-bond donors (Lipinski definition) is 2. The third-order valence-corrected chi connectivity index (χ3v) is 2.94. The highest BCUT2D eigenvalue weighted by Crippen LogP contribution is 2.28. The normalized spacial score (nSPS) is 12.4. The minimum absolute atomic E-state index is 0.155. The monoisotopic (exact) mass is 284 g/mol. The lowest BCUT2D eigenvalue weighted by Gasteiger charge is -2.04. The summed E-state index contributed by atoms with van der Waals surface area (Å²) in [5.41, 5.74) is -1.30. The first kappa shape index (κ1) is 14.6. The summed E-state index contributed by atoms with van der Waals surface area (Å²) in [7, 11) is -3.22. The molecular formula is C9H11F3N2O3S. The quantitative estimate of drug-likeness (QED) is 0.858. The lowest BCUT2D eigenvalue weighted by atomic mass is 10.4. The molecule has 9 heteroatoms. The van der Waals surface area contributed by atoms with Gasteiger partial charge in [0.2, 0.25) is 0 Å². The van der Waals surface area contributed by atoms with E-state index in [1.165, 1.54) is 0 Å². The van der Waals surface area contributed by atoms with Gasteiger partial charge in [0.1, 0.15) is 21.2 Å². The largest absolute Gasteiger partial charge is 0.431 e. The minimum atomic E-state index is -4.55. The average Bonchev–Trinajstić information content (AvgIpc) is 2.62. The van der Waals surface area contributed by atoms with Crippen LogP contribution in [-0.4, -0.2) is 37.9 Å². The Balaban J connectivity index is 2.60. The van der Waals surface area contributed by atoms with Gasteiger partial charge in [0.05, 0.1) is 5.75 Å². The first-order valence-electron chi connectivity index (χ1n) is 4.82. The number of halogens is 3. The minimum Gasteiger partial charge on any atom is -0.350 e. The number of nitrogens with one attached hydrogen (secondary N) is 2. The van der Waals surface area contributed by atoms with Crippen molar-refractivity contribution in [3.8, 4) is 0 Å². The topological polar surface area (TPSA) is 79.0 Å². The van der Waals surface area contributed by atoms with Crippen LogP contribution in [0.2, 0.25) is 0 Å². The van der Waals surface area contributed by atoms with Gasteiger partial charge >= 0.3 is 6.18 Å². The number of amides is 1. The van der Waals surface area contributed by atoms with Crippen molar-refractivity contribution >= 4 is 15.7 Å². The zero-order chi connectivity index (χ0) is 14.0. The van der Waals surface area contributed by atoms with Crippen LogP contribution in [0.3, 0.4) is 0 Å². The van der Waals surface area contributed by atoms with Crippen LogP contribution in [-0.2, 0) is 16.0 Å². The summed E-state index contributed by atoms with van der Waals surface area (Å²) in [5, 5.41) is 2.20. The number of sulfone groups is 1. The van der Waals surface area contributed by atoms with Gasteiger partial charge in [-0.15, -0.1) is 0 Å².